The second kappa shape index (κ2) is 3.80. The summed E-state index contributed by atoms with van der Waals surface area (Å²) in [6, 6.07) is 8.33. The van der Waals surface area contributed by atoms with Crippen molar-refractivity contribution in [2.75, 3.05) is 6.54 Å². The summed E-state index contributed by atoms with van der Waals surface area (Å²) in [6.45, 7) is 2.00. The topological polar surface area (TPSA) is 32.3 Å². The van der Waals surface area contributed by atoms with E-state index >= 15 is 0 Å². The Bertz CT molecular complexity index is 634. The normalized spacial score (nSPS) is 23.6. The Morgan fingerprint density at radius 2 is 2.22 bits per heavy atom. The Kier molecular flexibility index (Phi) is 2.22. The van der Waals surface area contributed by atoms with Gasteiger partial charge in [0, 0.05) is 17.8 Å². The average Bonchev–Trinajstić information content (AvgIpc) is 2.93. The van der Waals surface area contributed by atoms with Crippen LogP contribution in [0.5, 0.6) is 0 Å². The van der Waals surface area contributed by atoms with Crippen molar-refractivity contribution in [3.8, 4) is 0 Å². The van der Waals surface area contributed by atoms with Crippen molar-refractivity contribution < 1.29 is 4.79 Å². The van der Waals surface area contributed by atoms with Crippen LogP contribution in [0.25, 0.3) is 10.1 Å². The zero-order chi connectivity index (χ0) is 12.1. The molecule has 1 aromatic carbocycles. The summed E-state index contributed by atoms with van der Waals surface area (Å²) in [7, 11) is 0. The molecule has 1 N–H and O–H groups in total. The molecule has 0 bridgehead atoms. The Labute approximate surface area is 109 Å². The van der Waals surface area contributed by atoms with Crippen LogP contribution in [0.15, 0.2) is 24.3 Å². The van der Waals surface area contributed by atoms with Gasteiger partial charge in [0.2, 0.25) is 0 Å². The van der Waals surface area contributed by atoms with Crippen LogP contribution in [-0.2, 0) is 6.54 Å². The molecule has 2 aliphatic heterocycles. The lowest BCUT2D eigenvalue weighted by atomic mass is 10.1. The molecule has 0 spiro atoms. The molecule has 1 unspecified atom stereocenters. The number of rotatable bonds is 0. The van der Waals surface area contributed by atoms with E-state index in [0.29, 0.717) is 0 Å². The van der Waals surface area contributed by atoms with Gasteiger partial charge < -0.3 is 5.32 Å². The molecule has 2 aliphatic rings. The molecule has 4 heteroatoms. The van der Waals surface area contributed by atoms with Gasteiger partial charge in [-0.05, 0) is 29.9 Å². The number of nitrogens with zero attached hydrogens (tertiary/aromatic N) is 1. The monoisotopic (exact) mass is 258 g/mol. The zero-order valence-corrected chi connectivity index (χ0v) is 10.8. The molecule has 0 radical (unpaired) electrons. The van der Waals surface area contributed by atoms with Gasteiger partial charge in [-0.3, -0.25) is 9.69 Å². The molecular weight excluding hydrogens is 244 g/mol. The molecule has 0 aliphatic carbocycles. The van der Waals surface area contributed by atoms with E-state index in [-0.39, 0.29) is 12.1 Å². The standard InChI is InChI=1S/C14H14N2OS/c17-14-13-10(8-16-7-3-6-12(16)15-14)9-4-1-2-5-11(9)18-13/h1-2,4-5,12H,3,6-8H2,(H,15,17). The molecule has 1 aromatic heterocycles. The third kappa shape index (κ3) is 1.42. The molecule has 18 heavy (non-hydrogen) atoms. The quantitative estimate of drug-likeness (QED) is 0.787. The van der Waals surface area contributed by atoms with Gasteiger partial charge in [0.1, 0.15) is 0 Å². The summed E-state index contributed by atoms with van der Waals surface area (Å²) >= 11 is 1.62. The predicted molar refractivity (Wildman–Crippen MR) is 72.7 cm³/mol. The summed E-state index contributed by atoms with van der Waals surface area (Å²) in [5, 5.41) is 4.41. The third-order valence-corrected chi connectivity index (χ3v) is 5.14. The lowest BCUT2D eigenvalue weighted by Gasteiger charge is -2.21. The van der Waals surface area contributed by atoms with Crippen molar-refractivity contribution in [2.45, 2.75) is 25.6 Å². The maximum absolute atomic E-state index is 12.3. The van der Waals surface area contributed by atoms with Crippen molar-refractivity contribution in [1.29, 1.82) is 0 Å². The summed E-state index contributed by atoms with van der Waals surface area (Å²) in [6.07, 6.45) is 2.51. The maximum Gasteiger partial charge on any atom is 0.262 e. The zero-order valence-electron chi connectivity index (χ0n) is 9.98. The molecule has 1 saturated heterocycles. The minimum Gasteiger partial charge on any atom is -0.336 e. The lowest BCUT2D eigenvalue weighted by Crippen LogP contribution is -2.41. The van der Waals surface area contributed by atoms with Gasteiger partial charge >= 0.3 is 0 Å². The second-order valence-corrected chi connectivity index (χ2v) is 6.06. The highest BCUT2D eigenvalue weighted by atomic mass is 32.1. The van der Waals surface area contributed by atoms with E-state index in [2.05, 4.69) is 28.4 Å². The first-order valence-electron chi connectivity index (χ1n) is 6.38. The first kappa shape index (κ1) is 10.5. The van der Waals surface area contributed by atoms with Crippen LogP contribution in [0.3, 0.4) is 0 Å². The Morgan fingerprint density at radius 3 is 3.17 bits per heavy atom. The number of amides is 1. The first-order chi connectivity index (χ1) is 8.83. The van der Waals surface area contributed by atoms with E-state index < -0.39 is 0 Å². The molecule has 1 amide bonds. The molecule has 1 fully saturated rings. The number of carbonyl (C=O) groups excluding carboxylic acids is 1. The van der Waals surface area contributed by atoms with Gasteiger partial charge in [-0.15, -0.1) is 11.3 Å². The predicted octanol–water partition coefficient (Wildman–Crippen LogP) is 2.57. The van der Waals surface area contributed by atoms with Crippen molar-refractivity contribution in [1.82, 2.24) is 10.2 Å². The molecule has 2 aromatic rings. The van der Waals surface area contributed by atoms with Crippen molar-refractivity contribution in [3.63, 3.8) is 0 Å². The largest absolute Gasteiger partial charge is 0.336 e. The number of thiophene rings is 1. The fourth-order valence-electron chi connectivity index (χ4n) is 3.04. The molecule has 1 atom stereocenters. The smallest absolute Gasteiger partial charge is 0.262 e. The summed E-state index contributed by atoms with van der Waals surface area (Å²) in [5.41, 5.74) is 1.22. The van der Waals surface area contributed by atoms with Crippen LogP contribution < -0.4 is 5.32 Å². The molecule has 92 valence electrons. The summed E-state index contributed by atoms with van der Waals surface area (Å²) in [5.74, 6) is 0.112. The highest BCUT2D eigenvalue weighted by Crippen LogP contribution is 2.35. The third-order valence-electron chi connectivity index (χ3n) is 3.93. The van der Waals surface area contributed by atoms with Gasteiger partial charge in [0.15, 0.2) is 0 Å². The summed E-state index contributed by atoms with van der Waals surface area (Å²) < 4.78 is 1.22. The Hall–Kier alpha value is -1.39. The highest BCUT2D eigenvalue weighted by molar-refractivity contribution is 7.21. The van der Waals surface area contributed by atoms with Gasteiger partial charge in [-0.25, -0.2) is 0 Å². The Morgan fingerprint density at radius 1 is 1.33 bits per heavy atom. The van der Waals surface area contributed by atoms with Crippen LogP contribution in [-0.4, -0.2) is 23.5 Å². The fraction of sp³-hybridized carbons (Fsp3) is 0.357. The van der Waals surface area contributed by atoms with E-state index in [1.54, 1.807) is 11.3 Å². The number of benzene rings is 1. The van der Waals surface area contributed by atoms with Gasteiger partial charge in [-0.1, -0.05) is 18.2 Å². The van der Waals surface area contributed by atoms with Crippen LogP contribution in [0, 0.1) is 0 Å². The van der Waals surface area contributed by atoms with Gasteiger partial charge in [0.25, 0.3) is 5.91 Å². The van der Waals surface area contributed by atoms with Gasteiger partial charge in [-0.2, -0.15) is 0 Å². The highest BCUT2D eigenvalue weighted by Gasteiger charge is 2.32. The molecule has 3 heterocycles. The number of nitrogens with one attached hydrogen (secondary N) is 1. The molecule has 0 saturated carbocycles. The molecule has 3 nitrogen and oxygen atoms in total. The number of fused-ring (bicyclic) bond motifs is 4. The van der Waals surface area contributed by atoms with E-state index in [1.807, 2.05) is 6.07 Å². The van der Waals surface area contributed by atoms with Crippen LogP contribution in [0.4, 0.5) is 0 Å². The summed E-state index contributed by atoms with van der Waals surface area (Å²) in [4.78, 5) is 15.6. The van der Waals surface area contributed by atoms with E-state index in [4.69, 9.17) is 0 Å². The van der Waals surface area contributed by atoms with Crippen LogP contribution in [0.1, 0.15) is 28.1 Å². The van der Waals surface area contributed by atoms with E-state index in [1.165, 1.54) is 22.1 Å². The number of hydrogen-bond donors (Lipinski definition) is 1. The van der Waals surface area contributed by atoms with Crippen molar-refractivity contribution in [2.24, 2.45) is 0 Å². The second-order valence-electron chi connectivity index (χ2n) is 5.01. The minimum absolute atomic E-state index is 0.112. The van der Waals surface area contributed by atoms with Gasteiger partial charge in [0.05, 0.1) is 11.0 Å². The minimum atomic E-state index is 0.112. The van der Waals surface area contributed by atoms with Crippen molar-refractivity contribution in [3.05, 3.63) is 34.7 Å². The van der Waals surface area contributed by atoms with Crippen LogP contribution >= 0.6 is 11.3 Å². The van der Waals surface area contributed by atoms with Crippen molar-refractivity contribution >= 4 is 27.3 Å². The first-order valence-corrected chi connectivity index (χ1v) is 7.20. The Balaban J connectivity index is 1.91. The number of carbonyl (C=O) groups is 1. The maximum atomic E-state index is 12.3. The SMILES string of the molecule is O=C1NC2CCCN2Cc2c1sc1ccccc21. The van der Waals surface area contributed by atoms with Crippen LogP contribution in [0.2, 0.25) is 0 Å². The average molecular weight is 258 g/mol. The fourth-order valence-corrected chi connectivity index (χ4v) is 4.16. The molecule has 4 rings (SSSR count). The molecular formula is C14H14N2OS. The van der Waals surface area contributed by atoms with E-state index in [9.17, 15) is 4.79 Å². The lowest BCUT2D eigenvalue weighted by molar-refractivity contribution is 0.0904. The van der Waals surface area contributed by atoms with E-state index in [0.717, 1.165) is 24.4 Å². The number of hydrogen-bond acceptors (Lipinski definition) is 3.